The number of nitrogens with zero attached hydrogens (tertiary/aromatic N) is 1. The third-order valence-electron chi connectivity index (χ3n) is 2.33. The molecule has 0 fully saturated rings. The second-order valence-corrected chi connectivity index (χ2v) is 5.75. The lowest BCUT2D eigenvalue weighted by atomic mass is 10.5. The molecule has 0 aliphatic heterocycles. The normalized spacial score (nSPS) is 13.5. The first kappa shape index (κ1) is 16.5. The molecular formula is C9H20N2O4S2. The van der Waals surface area contributed by atoms with Crippen LogP contribution in [0, 0.1) is 0 Å². The Hall–Kier alpha value is -0.470. The Morgan fingerprint density at radius 1 is 1.41 bits per heavy atom. The quantitative estimate of drug-likeness (QED) is 0.672. The van der Waals surface area contributed by atoms with Gasteiger partial charge < -0.3 is 4.74 Å². The van der Waals surface area contributed by atoms with Gasteiger partial charge in [0.15, 0.2) is 0 Å². The largest absolute Gasteiger partial charge is 0.448 e. The maximum atomic E-state index is 11.8. The van der Waals surface area contributed by atoms with E-state index >= 15 is 0 Å². The molecule has 0 bridgehead atoms. The topological polar surface area (TPSA) is 75.7 Å². The summed E-state index contributed by atoms with van der Waals surface area (Å²) in [6.45, 7) is 6.49. The first-order valence-corrected chi connectivity index (χ1v) is 7.60. The zero-order chi connectivity index (χ0) is 13.5. The van der Waals surface area contributed by atoms with E-state index in [1.165, 1.54) is 6.92 Å². The van der Waals surface area contributed by atoms with Crippen molar-refractivity contribution < 1.29 is 17.9 Å². The summed E-state index contributed by atoms with van der Waals surface area (Å²) >= 11 is 3.85. The number of hydrogen-bond donors (Lipinski definition) is 2. The van der Waals surface area contributed by atoms with Crippen LogP contribution in [0.1, 0.15) is 20.8 Å². The Morgan fingerprint density at radius 3 is 2.35 bits per heavy atom. The highest BCUT2D eigenvalue weighted by molar-refractivity contribution is 7.90. The van der Waals surface area contributed by atoms with E-state index in [-0.39, 0.29) is 6.61 Å². The summed E-state index contributed by atoms with van der Waals surface area (Å²) in [4.78, 5) is 12.9. The van der Waals surface area contributed by atoms with Crippen LogP contribution in [0.25, 0.3) is 0 Å². The van der Waals surface area contributed by atoms with E-state index in [0.29, 0.717) is 18.8 Å². The Morgan fingerprint density at radius 2 is 1.94 bits per heavy atom. The number of rotatable bonds is 7. The lowest BCUT2D eigenvalue weighted by Crippen LogP contribution is -2.46. The minimum atomic E-state index is -3.74. The standard InChI is InChI=1S/C9H20N2O4S2/c1-4-11(5-2)8(3)17(13,14)10-9(12)15-6-7-16/h8,16H,4-7H2,1-3H3,(H,10,12). The fourth-order valence-electron chi connectivity index (χ4n) is 1.30. The number of carbonyl (C=O) groups is 1. The number of amides is 1. The molecule has 0 saturated carbocycles. The smallest absolute Gasteiger partial charge is 0.420 e. The molecule has 0 rings (SSSR count). The van der Waals surface area contributed by atoms with E-state index in [1.54, 1.807) is 4.90 Å². The molecule has 1 amide bonds. The van der Waals surface area contributed by atoms with E-state index in [9.17, 15) is 13.2 Å². The maximum Gasteiger partial charge on any atom is 0.420 e. The molecule has 1 unspecified atom stereocenters. The summed E-state index contributed by atoms with van der Waals surface area (Å²) < 4.78 is 30.1. The number of nitrogens with one attached hydrogen (secondary N) is 1. The first-order chi connectivity index (χ1) is 7.88. The van der Waals surface area contributed by atoms with Crippen molar-refractivity contribution in [2.24, 2.45) is 0 Å². The van der Waals surface area contributed by atoms with Crippen molar-refractivity contribution in [3.8, 4) is 0 Å². The summed E-state index contributed by atoms with van der Waals surface area (Å²) in [7, 11) is -3.74. The highest BCUT2D eigenvalue weighted by atomic mass is 32.2. The van der Waals surface area contributed by atoms with Gasteiger partial charge in [-0.2, -0.15) is 12.6 Å². The summed E-state index contributed by atoms with van der Waals surface area (Å²) in [5, 5.41) is -0.777. The number of sulfonamides is 1. The Kier molecular flexibility index (Phi) is 7.56. The Bertz CT molecular complexity index is 328. The van der Waals surface area contributed by atoms with Crippen LogP contribution in [0.4, 0.5) is 4.79 Å². The van der Waals surface area contributed by atoms with E-state index in [4.69, 9.17) is 0 Å². The number of carbonyl (C=O) groups excluding carboxylic acids is 1. The van der Waals surface area contributed by atoms with E-state index in [0.717, 1.165) is 0 Å². The highest BCUT2D eigenvalue weighted by Gasteiger charge is 2.27. The van der Waals surface area contributed by atoms with E-state index < -0.39 is 21.5 Å². The molecule has 0 heterocycles. The number of ether oxygens (including phenoxy) is 1. The van der Waals surface area contributed by atoms with E-state index in [1.807, 2.05) is 18.6 Å². The average Bonchev–Trinajstić information content (AvgIpc) is 2.27. The SMILES string of the molecule is CCN(CC)C(C)S(=O)(=O)NC(=O)OCCS. The number of hydrogen-bond acceptors (Lipinski definition) is 6. The van der Waals surface area contributed by atoms with Gasteiger partial charge in [-0.25, -0.2) is 17.9 Å². The van der Waals surface area contributed by atoms with Gasteiger partial charge in [-0.05, 0) is 20.0 Å². The lowest BCUT2D eigenvalue weighted by molar-refractivity contribution is 0.159. The molecule has 0 aromatic rings. The molecule has 0 spiro atoms. The van der Waals surface area contributed by atoms with Crippen LogP contribution >= 0.6 is 12.6 Å². The van der Waals surface area contributed by atoms with Crippen molar-refractivity contribution in [1.29, 1.82) is 0 Å². The van der Waals surface area contributed by atoms with Crippen LogP contribution < -0.4 is 4.72 Å². The minimum Gasteiger partial charge on any atom is -0.448 e. The van der Waals surface area contributed by atoms with Gasteiger partial charge in [0, 0.05) is 5.75 Å². The average molecular weight is 284 g/mol. The van der Waals surface area contributed by atoms with Gasteiger partial charge in [0.05, 0.1) is 0 Å². The van der Waals surface area contributed by atoms with Crippen LogP contribution in [0.5, 0.6) is 0 Å². The van der Waals surface area contributed by atoms with Crippen molar-refractivity contribution in [3.05, 3.63) is 0 Å². The van der Waals surface area contributed by atoms with Gasteiger partial charge in [-0.3, -0.25) is 4.90 Å². The monoisotopic (exact) mass is 284 g/mol. The van der Waals surface area contributed by atoms with Gasteiger partial charge >= 0.3 is 6.09 Å². The summed E-state index contributed by atoms with van der Waals surface area (Å²) in [5.74, 6) is 0.346. The fourth-order valence-corrected chi connectivity index (χ4v) is 2.55. The highest BCUT2D eigenvalue weighted by Crippen LogP contribution is 2.05. The van der Waals surface area contributed by atoms with Crippen LogP contribution in [0.3, 0.4) is 0 Å². The van der Waals surface area contributed by atoms with Gasteiger partial charge in [-0.1, -0.05) is 13.8 Å². The third-order valence-corrected chi connectivity index (χ3v) is 4.16. The maximum absolute atomic E-state index is 11.8. The van der Waals surface area contributed by atoms with Crippen molar-refractivity contribution in [2.75, 3.05) is 25.4 Å². The predicted molar refractivity (Wildman–Crippen MR) is 69.6 cm³/mol. The Balaban J connectivity index is 4.51. The van der Waals surface area contributed by atoms with Crippen molar-refractivity contribution in [1.82, 2.24) is 9.62 Å². The molecule has 0 aromatic heterocycles. The van der Waals surface area contributed by atoms with Crippen LogP contribution in [0.2, 0.25) is 0 Å². The van der Waals surface area contributed by atoms with Gasteiger partial charge in [0.2, 0.25) is 0 Å². The molecular weight excluding hydrogens is 264 g/mol. The second kappa shape index (κ2) is 7.78. The van der Waals surface area contributed by atoms with Crippen LogP contribution in [-0.2, 0) is 14.8 Å². The van der Waals surface area contributed by atoms with Gasteiger partial charge in [-0.15, -0.1) is 0 Å². The molecule has 17 heavy (non-hydrogen) atoms. The van der Waals surface area contributed by atoms with Crippen LogP contribution in [-0.4, -0.2) is 50.2 Å². The molecule has 0 radical (unpaired) electrons. The third kappa shape index (κ3) is 5.60. The number of thiol groups is 1. The molecule has 0 aromatic carbocycles. The molecule has 0 aliphatic carbocycles. The van der Waals surface area contributed by atoms with Crippen LogP contribution in [0.15, 0.2) is 0 Å². The second-order valence-electron chi connectivity index (χ2n) is 3.33. The van der Waals surface area contributed by atoms with Crippen molar-refractivity contribution >= 4 is 28.7 Å². The molecule has 102 valence electrons. The fraction of sp³-hybridized carbons (Fsp3) is 0.889. The van der Waals surface area contributed by atoms with Crippen molar-refractivity contribution in [2.45, 2.75) is 26.1 Å². The minimum absolute atomic E-state index is 0.0735. The zero-order valence-electron chi connectivity index (χ0n) is 10.3. The van der Waals surface area contributed by atoms with Crippen molar-refractivity contribution in [3.63, 3.8) is 0 Å². The molecule has 6 nitrogen and oxygen atoms in total. The lowest BCUT2D eigenvalue weighted by Gasteiger charge is -2.25. The summed E-state index contributed by atoms with van der Waals surface area (Å²) in [6, 6.07) is 0. The molecule has 0 aliphatic rings. The summed E-state index contributed by atoms with van der Waals surface area (Å²) in [6.07, 6.45) is -0.960. The first-order valence-electron chi connectivity index (χ1n) is 5.42. The van der Waals surface area contributed by atoms with Gasteiger partial charge in [0.1, 0.15) is 12.0 Å². The molecule has 8 heteroatoms. The van der Waals surface area contributed by atoms with Gasteiger partial charge in [0.25, 0.3) is 10.0 Å². The van der Waals surface area contributed by atoms with E-state index in [2.05, 4.69) is 17.4 Å². The Labute approximate surface area is 108 Å². The molecule has 1 atom stereocenters. The summed E-state index contributed by atoms with van der Waals surface area (Å²) in [5.41, 5.74) is 0. The molecule has 0 saturated heterocycles. The molecule has 1 N–H and O–H groups in total. The predicted octanol–water partition coefficient (Wildman–Crippen LogP) is 0.660. The zero-order valence-corrected chi connectivity index (χ0v) is 12.1.